The molecular formula is C26H35N3O3. The second-order valence-corrected chi connectivity index (χ2v) is 9.09. The highest BCUT2D eigenvalue weighted by Gasteiger charge is 2.27. The van der Waals surface area contributed by atoms with Gasteiger partial charge in [0.05, 0.1) is 19.6 Å². The van der Waals surface area contributed by atoms with E-state index in [0.717, 1.165) is 61.1 Å². The maximum absolute atomic E-state index is 13.2. The Morgan fingerprint density at radius 2 is 1.50 bits per heavy atom. The number of benzene rings is 2. The third-order valence-electron chi connectivity index (χ3n) is 6.94. The maximum atomic E-state index is 13.2. The Hall–Kier alpha value is -2.60. The summed E-state index contributed by atoms with van der Waals surface area (Å²) in [5.41, 5.74) is 1.03. The van der Waals surface area contributed by atoms with E-state index in [1.165, 1.54) is 12.8 Å². The first-order valence-electron chi connectivity index (χ1n) is 11.9. The van der Waals surface area contributed by atoms with Crippen LogP contribution in [0.4, 0.5) is 0 Å². The monoisotopic (exact) mass is 437 g/mol. The van der Waals surface area contributed by atoms with Crippen molar-refractivity contribution in [3.8, 4) is 5.75 Å². The van der Waals surface area contributed by atoms with Gasteiger partial charge < -0.3 is 14.5 Å². The zero-order valence-electron chi connectivity index (χ0n) is 19.4. The van der Waals surface area contributed by atoms with Gasteiger partial charge in [-0.1, -0.05) is 37.1 Å². The van der Waals surface area contributed by atoms with Crippen LogP contribution in [-0.2, 0) is 9.59 Å². The lowest BCUT2D eigenvalue weighted by atomic mass is 9.96. The number of hydrogen-bond donors (Lipinski definition) is 0. The molecule has 0 unspecified atom stereocenters. The van der Waals surface area contributed by atoms with Crippen LogP contribution < -0.4 is 4.74 Å². The van der Waals surface area contributed by atoms with E-state index in [2.05, 4.69) is 17.0 Å². The Kier molecular flexibility index (Phi) is 7.30. The van der Waals surface area contributed by atoms with E-state index in [-0.39, 0.29) is 17.7 Å². The first-order chi connectivity index (χ1) is 15.5. The highest BCUT2D eigenvalue weighted by Crippen LogP contribution is 2.26. The molecule has 1 atom stereocenters. The highest BCUT2D eigenvalue weighted by molar-refractivity contribution is 5.88. The van der Waals surface area contributed by atoms with Crippen molar-refractivity contribution in [3.05, 3.63) is 42.0 Å². The van der Waals surface area contributed by atoms with Crippen LogP contribution in [0.2, 0.25) is 0 Å². The molecule has 0 spiro atoms. The van der Waals surface area contributed by atoms with Crippen LogP contribution in [0.15, 0.2) is 36.4 Å². The number of carbonyl (C=O) groups excluding carboxylic acids is 2. The van der Waals surface area contributed by atoms with Crippen molar-refractivity contribution in [2.75, 3.05) is 52.9 Å². The minimum absolute atomic E-state index is 0.163. The fourth-order valence-electron chi connectivity index (χ4n) is 4.79. The third kappa shape index (κ3) is 5.23. The van der Waals surface area contributed by atoms with Gasteiger partial charge in [-0.15, -0.1) is 0 Å². The van der Waals surface area contributed by atoms with Crippen LogP contribution in [0.1, 0.15) is 44.1 Å². The molecule has 0 aliphatic carbocycles. The Bertz CT molecular complexity index is 944. The number of nitrogens with zero attached hydrogens (tertiary/aromatic N) is 3. The predicted molar refractivity (Wildman–Crippen MR) is 127 cm³/mol. The quantitative estimate of drug-likeness (QED) is 0.719. The average molecular weight is 438 g/mol. The summed E-state index contributed by atoms with van der Waals surface area (Å²) in [5.74, 6) is 1.05. The van der Waals surface area contributed by atoms with Crippen molar-refractivity contribution < 1.29 is 14.3 Å². The van der Waals surface area contributed by atoms with Gasteiger partial charge in [0, 0.05) is 39.3 Å². The summed E-state index contributed by atoms with van der Waals surface area (Å²) in [4.78, 5) is 32.0. The molecule has 32 heavy (non-hydrogen) atoms. The van der Waals surface area contributed by atoms with E-state index in [1.807, 2.05) is 41.0 Å². The van der Waals surface area contributed by atoms with Crippen molar-refractivity contribution in [1.29, 1.82) is 0 Å². The number of ether oxygens (including phenoxy) is 1. The van der Waals surface area contributed by atoms with Crippen molar-refractivity contribution in [2.24, 2.45) is 0 Å². The number of amides is 2. The number of piperazine rings is 1. The molecule has 0 saturated carbocycles. The molecule has 2 aliphatic rings. The van der Waals surface area contributed by atoms with Crippen molar-refractivity contribution in [2.45, 2.75) is 38.5 Å². The largest absolute Gasteiger partial charge is 0.497 e. The summed E-state index contributed by atoms with van der Waals surface area (Å²) in [6.45, 7) is 7.14. The number of carbonyl (C=O) groups is 2. The first-order valence-corrected chi connectivity index (χ1v) is 11.9. The molecule has 172 valence electrons. The van der Waals surface area contributed by atoms with Crippen LogP contribution in [0.5, 0.6) is 5.75 Å². The number of rotatable bonds is 5. The molecule has 2 aromatic carbocycles. The van der Waals surface area contributed by atoms with Gasteiger partial charge in [-0.25, -0.2) is 0 Å². The smallest absolute Gasteiger partial charge is 0.236 e. The lowest BCUT2D eigenvalue weighted by molar-refractivity contribution is -0.135. The van der Waals surface area contributed by atoms with Gasteiger partial charge in [0.15, 0.2) is 0 Å². The highest BCUT2D eigenvalue weighted by atomic mass is 16.5. The van der Waals surface area contributed by atoms with Gasteiger partial charge in [-0.05, 0) is 48.2 Å². The Morgan fingerprint density at radius 3 is 2.19 bits per heavy atom. The summed E-state index contributed by atoms with van der Waals surface area (Å²) in [7, 11) is 1.67. The minimum atomic E-state index is -0.188. The van der Waals surface area contributed by atoms with Gasteiger partial charge in [0.2, 0.25) is 11.8 Å². The minimum Gasteiger partial charge on any atom is -0.497 e. The van der Waals surface area contributed by atoms with Crippen LogP contribution in [-0.4, -0.2) is 79.4 Å². The molecule has 0 N–H and O–H groups in total. The molecule has 2 aromatic rings. The fraction of sp³-hybridized carbons (Fsp3) is 0.538. The molecule has 0 aromatic heterocycles. The summed E-state index contributed by atoms with van der Waals surface area (Å²) >= 11 is 0. The van der Waals surface area contributed by atoms with Crippen molar-refractivity contribution in [3.63, 3.8) is 0 Å². The zero-order valence-corrected chi connectivity index (χ0v) is 19.4. The molecule has 6 nitrogen and oxygen atoms in total. The average Bonchev–Trinajstić information content (AvgIpc) is 3.13. The summed E-state index contributed by atoms with van der Waals surface area (Å²) < 4.78 is 5.30. The van der Waals surface area contributed by atoms with E-state index in [0.29, 0.717) is 19.6 Å². The molecule has 4 rings (SSSR count). The second kappa shape index (κ2) is 10.3. The molecule has 2 amide bonds. The van der Waals surface area contributed by atoms with E-state index in [1.54, 1.807) is 7.11 Å². The van der Waals surface area contributed by atoms with Crippen LogP contribution in [0.25, 0.3) is 10.8 Å². The number of likely N-dealkylation sites (tertiary alicyclic amines) is 1. The number of hydrogen-bond acceptors (Lipinski definition) is 4. The predicted octanol–water partition coefficient (Wildman–Crippen LogP) is 3.50. The SMILES string of the molecule is COc1ccc2cc([C@H](C)C(=O)N3CCN(CC(=O)N4CCCCCC4)CC3)ccc2c1. The van der Waals surface area contributed by atoms with Crippen LogP contribution in [0.3, 0.4) is 0 Å². The van der Waals surface area contributed by atoms with E-state index in [9.17, 15) is 9.59 Å². The standard InChI is InChI=1S/C26H35N3O3/c1-20(21-7-8-23-18-24(32-2)10-9-22(23)17-21)26(31)29-15-13-27(14-16-29)19-25(30)28-11-5-3-4-6-12-28/h7-10,17-18,20H,3-6,11-16,19H2,1-2H3/t20-/m0/s1. The van der Waals surface area contributed by atoms with E-state index < -0.39 is 0 Å². The summed E-state index contributed by atoms with van der Waals surface area (Å²) in [6.07, 6.45) is 4.70. The van der Waals surface area contributed by atoms with Crippen LogP contribution >= 0.6 is 0 Å². The lowest BCUT2D eigenvalue weighted by Crippen LogP contribution is -2.52. The zero-order chi connectivity index (χ0) is 22.5. The Morgan fingerprint density at radius 1 is 0.844 bits per heavy atom. The van der Waals surface area contributed by atoms with E-state index in [4.69, 9.17) is 4.74 Å². The summed E-state index contributed by atoms with van der Waals surface area (Å²) in [5, 5.41) is 2.22. The van der Waals surface area contributed by atoms with Crippen molar-refractivity contribution in [1.82, 2.24) is 14.7 Å². The lowest BCUT2D eigenvalue weighted by Gasteiger charge is -2.36. The van der Waals surface area contributed by atoms with Gasteiger partial charge in [-0.3, -0.25) is 14.5 Å². The molecule has 2 fully saturated rings. The van der Waals surface area contributed by atoms with Crippen molar-refractivity contribution >= 4 is 22.6 Å². The van der Waals surface area contributed by atoms with Crippen LogP contribution in [0, 0.1) is 0 Å². The molecular weight excluding hydrogens is 402 g/mol. The van der Waals surface area contributed by atoms with Gasteiger partial charge in [0.1, 0.15) is 5.75 Å². The first kappa shape index (κ1) is 22.6. The van der Waals surface area contributed by atoms with E-state index >= 15 is 0 Å². The normalized spacial score (nSPS) is 18.9. The number of fused-ring (bicyclic) bond motifs is 1. The summed E-state index contributed by atoms with van der Waals surface area (Å²) in [6, 6.07) is 12.2. The third-order valence-corrected chi connectivity index (χ3v) is 6.94. The molecule has 0 bridgehead atoms. The molecule has 2 saturated heterocycles. The molecule has 2 heterocycles. The maximum Gasteiger partial charge on any atom is 0.236 e. The van der Waals surface area contributed by atoms with Gasteiger partial charge in [0.25, 0.3) is 0 Å². The fourth-order valence-corrected chi connectivity index (χ4v) is 4.79. The van der Waals surface area contributed by atoms with Gasteiger partial charge >= 0.3 is 0 Å². The topological polar surface area (TPSA) is 53.1 Å². The number of methoxy groups -OCH3 is 1. The Labute approximate surface area is 191 Å². The molecule has 0 radical (unpaired) electrons. The molecule has 6 heteroatoms. The van der Waals surface area contributed by atoms with Gasteiger partial charge in [-0.2, -0.15) is 0 Å². The second-order valence-electron chi connectivity index (χ2n) is 9.09. The molecule has 2 aliphatic heterocycles. The Balaban J connectivity index is 1.31.